The molecule has 0 aliphatic heterocycles. The van der Waals surface area contributed by atoms with Gasteiger partial charge < -0.3 is 0 Å². The van der Waals surface area contributed by atoms with Crippen molar-refractivity contribution in [3.63, 3.8) is 0 Å². The fourth-order valence-electron chi connectivity index (χ4n) is 0.521. The Hall–Kier alpha value is -0.320. The molecule has 0 aromatic heterocycles. The molecule has 1 nitrogen and oxygen atoms in total. The van der Waals surface area contributed by atoms with E-state index in [9.17, 15) is 17.6 Å². The molecule has 0 fully saturated rings. The number of unbranched alkanes of at least 4 members (excludes halogenated alkanes) is 1. The van der Waals surface area contributed by atoms with Crippen molar-refractivity contribution in [1.29, 1.82) is 0 Å². The molecular weight excluding hydrogens is 162 g/mol. The maximum atomic E-state index is 12.0. The number of nitrogens with one attached hydrogen (secondary N) is 1. The average molecular weight is 173 g/mol. The van der Waals surface area contributed by atoms with E-state index in [2.05, 4.69) is 0 Å². The molecule has 0 amide bonds. The molecule has 1 unspecified atom stereocenters. The van der Waals surface area contributed by atoms with Crippen molar-refractivity contribution < 1.29 is 17.6 Å². The van der Waals surface area contributed by atoms with Crippen molar-refractivity contribution in [1.82, 2.24) is 5.32 Å². The van der Waals surface area contributed by atoms with E-state index in [1.807, 2.05) is 6.92 Å². The highest BCUT2D eigenvalue weighted by Crippen LogP contribution is 2.20. The molecule has 0 aromatic rings. The summed E-state index contributed by atoms with van der Waals surface area (Å²) < 4.78 is 46.3. The molecule has 0 saturated heterocycles. The minimum Gasteiger partial charge on any atom is -0.280 e. The summed E-state index contributed by atoms with van der Waals surface area (Å²) in [4.78, 5) is 0. The topological polar surface area (TPSA) is 12.0 Å². The molecule has 1 N–H and O–H groups in total. The summed E-state index contributed by atoms with van der Waals surface area (Å²) in [5, 5.41) is 1.73. The van der Waals surface area contributed by atoms with Crippen LogP contribution in [0, 0.1) is 0 Å². The molecule has 0 spiro atoms. The van der Waals surface area contributed by atoms with E-state index in [0.717, 1.165) is 6.42 Å². The van der Waals surface area contributed by atoms with E-state index >= 15 is 0 Å². The molecule has 68 valence electrons. The Morgan fingerprint density at radius 1 is 1.36 bits per heavy atom. The van der Waals surface area contributed by atoms with Crippen molar-refractivity contribution in [3.8, 4) is 0 Å². The number of rotatable bonds is 4. The van der Waals surface area contributed by atoms with Crippen molar-refractivity contribution in [2.75, 3.05) is 6.54 Å². The van der Waals surface area contributed by atoms with Gasteiger partial charge in [0, 0.05) is 0 Å². The van der Waals surface area contributed by atoms with Crippen LogP contribution in [-0.4, -0.2) is 19.0 Å². The summed E-state index contributed by atoms with van der Waals surface area (Å²) in [5.41, 5.74) is 0. The first-order valence-corrected chi connectivity index (χ1v) is 3.42. The highest BCUT2D eigenvalue weighted by molar-refractivity contribution is 4.62. The van der Waals surface area contributed by atoms with Gasteiger partial charge in [0.2, 0.25) is 6.30 Å². The quantitative estimate of drug-likeness (QED) is 0.390. The molecule has 0 bridgehead atoms. The van der Waals surface area contributed by atoms with E-state index in [1.165, 1.54) is 0 Å². The Labute approximate surface area is 62.8 Å². The summed E-state index contributed by atoms with van der Waals surface area (Å²) in [5.74, 6) is 0. The van der Waals surface area contributed by atoms with Crippen molar-refractivity contribution in [3.05, 3.63) is 0 Å². The van der Waals surface area contributed by atoms with Crippen molar-refractivity contribution >= 4 is 0 Å². The van der Waals surface area contributed by atoms with Gasteiger partial charge in [-0.3, -0.25) is 5.32 Å². The van der Waals surface area contributed by atoms with Gasteiger partial charge in [0.25, 0.3) is 0 Å². The minimum absolute atomic E-state index is 0.0666. The first kappa shape index (κ1) is 10.7. The van der Waals surface area contributed by atoms with Gasteiger partial charge in [0.1, 0.15) is 0 Å². The lowest BCUT2D eigenvalue weighted by Crippen LogP contribution is -2.38. The van der Waals surface area contributed by atoms with Crippen LogP contribution in [0.5, 0.6) is 0 Å². The predicted molar refractivity (Wildman–Crippen MR) is 33.9 cm³/mol. The molecule has 5 heteroatoms. The second-order valence-electron chi connectivity index (χ2n) is 2.21. The van der Waals surface area contributed by atoms with Gasteiger partial charge >= 0.3 is 6.18 Å². The van der Waals surface area contributed by atoms with Gasteiger partial charge in [-0.1, -0.05) is 13.3 Å². The van der Waals surface area contributed by atoms with Crippen LogP contribution in [0.1, 0.15) is 19.8 Å². The van der Waals surface area contributed by atoms with Gasteiger partial charge in [-0.15, -0.1) is 0 Å². The largest absolute Gasteiger partial charge is 0.433 e. The summed E-state index contributed by atoms with van der Waals surface area (Å²) in [6.45, 7) is 1.89. The van der Waals surface area contributed by atoms with Crippen LogP contribution in [0.4, 0.5) is 17.6 Å². The van der Waals surface area contributed by atoms with Crippen LogP contribution >= 0.6 is 0 Å². The third-order valence-corrected chi connectivity index (χ3v) is 1.14. The second kappa shape index (κ2) is 4.54. The fraction of sp³-hybridized carbons (Fsp3) is 1.00. The number of alkyl halides is 4. The van der Waals surface area contributed by atoms with Crippen LogP contribution in [0.3, 0.4) is 0 Å². The zero-order chi connectivity index (χ0) is 8.91. The minimum atomic E-state index is -4.77. The van der Waals surface area contributed by atoms with E-state index in [4.69, 9.17) is 0 Å². The van der Waals surface area contributed by atoms with E-state index < -0.39 is 12.5 Å². The third kappa shape index (κ3) is 5.01. The molecule has 0 saturated carbocycles. The Morgan fingerprint density at radius 3 is 2.27 bits per heavy atom. The van der Waals surface area contributed by atoms with E-state index in [-0.39, 0.29) is 6.54 Å². The standard InChI is InChI=1S/C6H11F4N/c1-2-3-4-11-5(7)6(8,9)10/h5,11H,2-4H2,1H3. The molecule has 0 aromatic carbocycles. The van der Waals surface area contributed by atoms with E-state index in [0.29, 0.717) is 6.42 Å². The zero-order valence-electron chi connectivity index (χ0n) is 6.21. The molecule has 1 atom stereocenters. The monoisotopic (exact) mass is 173 g/mol. The van der Waals surface area contributed by atoms with E-state index in [1.54, 1.807) is 5.32 Å². The first-order valence-electron chi connectivity index (χ1n) is 3.42. The van der Waals surface area contributed by atoms with Crippen LogP contribution in [0.2, 0.25) is 0 Å². The van der Waals surface area contributed by atoms with Crippen LogP contribution in [0.15, 0.2) is 0 Å². The third-order valence-electron chi connectivity index (χ3n) is 1.14. The second-order valence-corrected chi connectivity index (χ2v) is 2.21. The lowest BCUT2D eigenvalue weighted by Gasteiger charge is -2.12. The molecule has 0 heterocycles. The lowest BCUT2D eigenvalue weighted by atomic mass is 10.3. The van der Waals surface area contributed by atoms with Crippen LogP contribution in [-0.2, 0) is 0 Å². The number of hydrogen-bond acceptors (Lipinski definition) is 1. The zero-order valence-corrected chi connectivity index (χ0v) is 6.21. The first-order chi connectivity index (χ1) is 4.98. The normalized spacial score (nSPS) is 15.0. The fourth-order valence-corrected chi connectivity index (χ4v) is 0.521. The predicted octanol–water partition coefficient (Wildman–Crippen LogP) is 2.23. The summed E-state index contributed by atoms with van der Waals surface area (Å²) in [6.07, 6.45) is -6.35. The SMILES string of the molecule is CCCCNC(F)C(F)(F)F. The lowest BCUT2D eigenvalue weighted by molar-refractivity contribution is -0.188. The number of halogens is 4. The average Bonchev–Trinajstić information content (AvgIpc) is 1.86. The molecule has 0 aliphatic rings. The number of hydrogen-bond donors (Lipinski definition) is 1. The molecule has 0 radical (unpaired) electrons. The molecule has 0 rings (SSSR count). The Bertz CT molecular complexity index is 101. The summed E-state index contributed by atoms with van der Waals surface area (Å²) in [7, 11) is 0. The Balaban J connectivity index is 3.44. The molecule has 11 heavy (non-hydrogen) atoms. The van der Waals surface area contributed by atoms with Crippen molar-refractivity contribution in [2.24, 2.45) is 0 Å². The van der Waals surface area contributed by atoms with Gasteiger partial charge in [0.05, 0.1) is 0 Å². The Morgan fingerprint density at radius 2 is 1.91 bits per heavy atom. The smallest absolute Gasteiger partial charge is 0.280 e. The Kier molecular flexibility index (Phi) is 4.40. The van der Waals surface area contributed by atoms with Gasteiger partial charge in [-0.05, 0) is 13.0 Å². The van der Waals surface area contributed by atoms with Gasteiger partial charge in [-0.2, -0.15) is 13.2 Å². The van der Waals surface area contributed by atoms with Gasteiger partial charge in [0.15, 0.2) is 0 Å². The van der Waals surface area contributed by atoms with Crippen LogP contribution in [0.25, 0.3) is 0 Å². The maximum absolute atomic E-state index is 12.0. The summed E-state index contributed by atoms with van der Waals surface area (Å²) >= 11 is 0. The highest BCUT2D eigenvalue weighted by Gasteiger charge is 2.39. The highest BCUT2D eigenvalue weighted by atomic mass is 19.4. The van der Waals surface area contributed by atoms with Gasteiger partial charge in [-0.25, -0.2) is 4.39 Å². The summed E-state index contributed by atoms with van der Waals surface area (Å²) in [6, 6.07) is 0. The molecule has 0 aliphatic carbocycles. The van der Waals surface area contributed by atoms with Crippen LogP contribution < -0.4 is 5.32 Å². The van der Waals surface area contributed by atoms with Crippen molar-refractivity contribution in [2.45, 2.75) is 32.2 Å². The maximum Gasteiger partial charge on any atom is 0.433 e. The molecular formula is C6H11F4N.